The van der Waals surface area contributed by atoms with Gasteiger partial charge >= 0.3 is 0 Å². The molecule has 5 nitrogen and oxygen atoms in total. The zero-order valence-electron chi connectivity index (χ0n) is 9.20. The summed E-state index contributed by atoms with van der Waals surface area (Å²) in [5.74, 6) is -4.17. The van der Waals surface area contributed by atoms with Gasteiger partial charge in [0.25, 0.3) is 0 Å². The fourth-order valence-corrected chi connectivity index (χ4v) is 2.43. The lowest BCUT2D eigenvalue weighted by Gasteiger charge is -2.38. The van der Waals surface area contributed by atoms with Crippen molar-refractivity contribution in [1.29, 1.82) is 26.3 Å². The second-order valence-corrected chi connectivity index (χ2v) is 4.13. The zero-order chi connectivity index (χ0) is 13.0. The first kappa shape index (κ1) is 12.6. The topological polar surface area (TPSA) is 119 Å². The maximum Gasteiger partial charge on any atom is 0.108 e. The molecular formula is C11H8BN5. The largest absolute Gasteiger partial charge is 0.198 e. The monoisotopic (exact) mass is 221 g/mol. The van der Waals surface area contributed by atoms with Crippen LogP contribution in [0.3, 0.4) is 0 Å². The van der Waals surface area contributed by atoms with E-state index in [1.54, 1.807) is 7.85 Å². The fourth-order valence-electron chi connectivity index (χ4n) is 2.43. The summed E-state index contributed by atoms with van der Waals surface area (Å²) in [4.78, 5) is 0. The lowest BCUT2D eigenvalue weighted by Crippen LogP contribution is -2.41. The van der Waals surface area contributed by atoms with Crippen LogP contribution in [-0.2, 0) is 0 Å². The highest BCUT2D eigenvalue weighted by molar-refractivity contribution is 6.12. The Morgan fingerprint density at radius 2 is 0.765 bits per heavy atom. The molecule has 0 heterocycles. The highest BCUT2D eigenvalue weighted by Gasteiger charge is 2.50. The number of nitriles is 5. The normalized spacial score (nSPS) is 39.7. The molecule has 1 fully saturated rings. The first-order valence-electron chi connectivity index (χ1n) is 5.14. The third kappa shape index (κ3) is 1.80. The van der Waals surface area contributed by atoms with Gasteiger partial charge in [-0.3, -0.25) is 0 Å². The van der Waals surface area contributed by atoms with Gasteiger partial charge in [-0.05, 0) is 5.82 Å². The molecule has 0 radical (unpaired) electrons. The van der Waals surface area contributed by atoms with Crippen molar-refractivity contribution in [3.05, 3.63) is 0 Å². The van der Waals surface area contributed by atoms with Gasteiger partial charge in [0.1, 0.15) is 7.85 Å². The van der Waals surface area contributed by atoms with Crippen molar-refractivity contribution in [3.63, 3.8) is 0 Å². The molecule has 4 unspecified atom stereocenters. The van der Waals surface area contributed by atoms with E-state index in [2.05, 4.69) is 0 Å². The van der Waals surface area contributed by atoms with E-state index in [-0.39, 0.29) is 5.82 Å². The second-order valence-electron chi connectivity index (χ2n) is 4.13. The Labute approximate surface area is 100 Å². The molecule has 0 aliphatic heterocycles. The predicted octanol–water partition coefficient (Wildman–Crippen LogP) is 0.121. The van der Waals surface area contributed by atoms with Gasteiger partial charge in [-0.1, -0.05) is 0 Å². The maximum atomic E-state index is 9.05. The number of hydrogen-bond acceptors (Lipinski definition) is 5. The molecule has 1 aliphatic rings. The summed E-state index contributed by atoms with van der Waals surface area (Å²) in [5, 5.41) is 45.2. The Morgan fingerprint density at radius 3 is 1.00 bits per heavy atom. The van der Waals surface area contributed by atoms with Gasteiger partial charge in [-0.25, -0.2) is 0 Å². The molecule has 1 saturated carbocycles. The van der Waals surface area contributed by atoms with Crippen molar-refractivity contribution in [3.8, 4) is 30.3 Å². The van der Waals surface area contributed by atoms with Crippen LogP contribution in [0.5, 0.6) is 0 Å². The average Bonchev–Trinajstić information content (AvgIpc) is 2.36. The molecule has 1 aliphatic carbocycles. The average molecular weight is 221 g/mol. The summed E-state index contributed by atoms with van der Waals surface area (Å²) >= 11 is 0. The first-order valence-corrected chi connectivity index (χ1v) is 5.14. The predicted molar refractivity (Wildman–Crippen MR) is 57.8 cm³/mol. The first-order chi connectivity index (χ1) is 8.15. The third-order valence-electron chi connectivity index (χ3n) is 3.43. The molecule has 0 aromatic rings. The van der Waals surface area contributed by atoms with E-state index in [0.29, 0.717) is 0 Å². The van der Waals surface area contributed by atoms with E-state index in [9.17, 15) is 0 Å². The van der Waals surface area contributed by atoms with Crippen LogP contribution >= 0.6 is 0 Å². The summed E-state index contributed by atoms with van der Waals surface area (Å²) in [6, 6.07) is 9.78. The summed E-state index contributed by atoms with van der Waals surface area (Å²) in [6.45, 7) is 0. The van der Waals surface area contributed by atoms with Crippen molar-refractivity contribution >= 4 is 7.85 Å². The van der Waals surface area contributed by atoms with E-state index >= 15 is 0 Å². The lowest BCUT2D eigenvalue weighted by atomic mass is 9.53. The molecule has 0 N–H and O–H groups in total. The van der Waals surface area contributed by atoms with Crippen molar-refractivity contribution < 1.29 is 0 Å². The Morgan fingerprint density at radius 1 is 0.529 bits per heavy atom. The molecule has 0 spiro atoms. The van der Waals surface area contributed by atoms with E-state index in [1.807, 2.05) is 30.3 Å². The Bertz CT molecular complexity index is 468. The minimum absolute atomic E-state index is 0.371. The lowest BCUT2D eigenvalue weighted by molar-refractivity contribution is 0.198. The summed E-state index contributed by atoms with van der Waals surface area (Å²) in [5.41, 5.74) is 0. The van der Waals surface area contributed by atoms with Crippen LogP contribution in [0.25, 0.3) is 0 Å². The maximum absolute atomic E-state index is 9.05. The van der Waals surface area contributed by atoms with Crippen molar-refractivity contribution in [2.45, 2.75) is 5.82 Å². The SMILES string of the molecule is BC1C(C#N)C(C#N)C(C#N)C(C#N)C1C#N. The van der Waals surface area contributed by atoms with Crippen molar-refractivity contribution in [2.24, 2.45) is 29.6 Å². The molecule has 0 bridgehead atoms. The fraction of sp³-hybridized carbons (Fsp3) is 0.545. The molecule has 0 amide bonds. The second kappa shape index (κ2) is 5.03. The quantitative estimate of drug-likeness (QED) is 0.538. The molecule has 17 heavy (non-hydrogen) atoms. The van der Waals surface area contributed by atoms with Crippen LogP contribution in [0, 0.1) is 86.2 Å². The summed E-state index contributed by atoms with van der Waals surface area (Å²) < 4.78 is 0. The number of nitrogens with zero attached hydrogens (tertiary/aromatic N) is 5. The molecule has 0 saturated heterocycles. The highest BCUT2D eigenvalue weighted by atomic mass is 14.5. The summed E-state index contributed by atoms with van der Waals surface area (Å²) in [7, 11) is 1.68. The summed E-state index contributed by atoms with van der Waals surface area (Å²) in [6.07, 6.45) is 0. The molecule has 0 aromatic heterocycles. The van der Waals surface area contributed by atoms with Crippen molar-refractivity contribution in [2.75, 3.05) is 0 Å². The molecule has 1 rings (SSSR count). The number of rotatable bonds is 0. The van der Waals surface area contributed by atoms with Gasteiger partial charge in [0.2, 0.25) is 0 Å². The van der Waals surface area contributed by atoms with Gasteiger partial charge in [0, 0.05) is 0 Å². The van der Waals surface area contributed by atoms with Gasteiger partial charge in [-0.15, -0.1) is 0 Å². The van der Waals surface area contributed by atoms with Gasteiger partial charge in [0.15, 0.2) is 0 Å². The van der Waals surface area contributed by atoms with Crippen LogP contribution in [0.1, 0.15) is 0 Å². The minimum atomic E-state index is -0.865. The van der Waals surface area contributed by atoms with Crippen LogP contribution in [0.4, 0.5) is 0 Å². The minimum Gasteiger partial charge on any atom is -0.198 e. The third-order valence-corrected chi connectivity index (χ3v) is 3.43. The van der Waals surface area contributed by atoms with Gasteiger partial charge in [-0.2, -0.15) is 26.3 Å². The Balaban J connectivity index is 3.29. The van der Waals surface area contributed by atoms with Crippen LogP contribution in [-0.4, -0.2) is 7.85 Å². The standard InChI is InChI=1S/C11H8BN5/c12-11-9(4-16)7(2-14)6(1-13)8(3-15)10(11)5-17/h6-11H,12H2. The molecule has 0 aromatic carbocycles. The van der Waals surface area contributed by atoms with Crippen LogP contribution in [0.2, 0.25) is 5.82 Å². The van der Waals surface area contributed by atoms with Crippen molar-refractivity contribution in [1.82, 2.24) is 0 Å². The Kier molecular flexibility index (Phi) is 3.72. The molecular weight excluding hydrogens is 213 g/mol. The van der Waals surface area contributed by atoms with E-state index in [4.69, 9.17) is 26.3 Å². The zero-order valence-corrected chi connectivity index (χ0v) is 9.20. The van der Waals surface area contributed by atoms with E-state index in [0.717, 1.165) is 0 Å². The van der Waals surface area contributed by atoms with Gasteiger partial charge in [0.05, 0.1) is 59.9 Å². The number of hydrogen-bond donors (Lipinski definition) is 0. The molecule has 80 valence electrons. The Hall–Kier alpha value is -2.49. The van der Waals surface area contributed by atoms with Gasteiger partial charge < -0.3 is 0 Å². The van der Waals surface area contributed by atoms with E-state index < -0.39 is 29.6 Å². The smallest absolute Gasteiger partial charge is 0.108 e. The molecule has 6 heteroatoms. The highest BCUT2D eigenvalue weighted by Crippen LogP contribution is 2.46. The van der Waals surface area contributed by atoms with Crippen LogP contribution in [0.15, 0.2) is 0 Å². The van der Waals surface area contributed by atoms with E-state index in [1.165, 1.54) is 0 Å². The van der Waals surface area contributed by atoms with Crippen LogP contribution < -0.4 is 0 Å². The molecule has 4 atom stereocenters.